The molecule has 26 heavy (non-hydrogen) atoms. The SMILES string of the molecule is Cc1cn([C@H]2C[C@H](F)[C@@H](C[Se]c3ccccc3[N+](=O)[O-])O2)c(=O)[nH]c1=O. The number of halogens is 1. The van der Waals surface area contributed by atoms with Crippen molar-refractivity contribution in [1.82, 2.24) is 9.55 Å². The third kappa shape index (κ3) is 3.77. The van der Waals surface area contributed by atoms with Crippen molar-refractivity contribution >= 4 is 25.1 Å². The van der Waals surface area contributed by atoms with E-state index in [0.717, 1.165) is 0 Å². The van der Waals surface area contributed by atoms with E-state index in [-0.39, 0.29) is 27.1 Å². The Morgan fingerprint density at radius 3 is 2.88 bits per heavy atom. The summed E-state index contributed by atoms with van der Waals surface area (Å²) in [6.45, 7) is 1.55. The van der Waals surface area contributed by atoms with E-state index in [9.17, 15) is 24.1 Å². The van der Waals surface area contributed by atoms with Gasteiger partial charge in [0.2, 0.25) is 0 Å². The Bertz CT molecular complexity index is 944. The molecule has 1 aliphatic rings. The number of nitro groups is 1. The first-order valence-corrected chi connectivity index (χ1v) is 9.91. The van der Waals surface area contributed by atoms with E-state index >= 15 is 0 Å². The van der Waals surface area contributed by atoms with E-state index in [1.165, 1.54) is 16.8 Å². The van der Waals surface area contributed by atoms with Gasteiger partial charge in [-0.3, -0.25) is 0 Å². The average molecular weight is 428 g/mol. The Morgan fingerprint density at radius 2 is 2.15 bits per heavy atom. The summed E-state index contributed by atoms with van der Waals surface area (Å²) in [6.07, 6.45) is -1.50. The molecule has 138 valence electrons. The van der Waals surface area contributed by atoms with Crippen LogP contribution in [0.15, 0.2) is 40.1 Å². The monoisotopic (exact) mass is 429 g/mol. The van der Waals surface area contributed by atoms with Crippen LogP contribution in [0, 0.1) is 17.0 Å². The summed E-state index contributed by atoms with van der Waals surface area (Å²) in [4.78, 5) is 36.1. The number of aromatic nitrogens is 2. The summed E-state index contributed by atoms with van der Waals surface area (Å²) in [5.74, 6) is 0. The maximum atomic E-state index is 14.4. The molecule has 1 fully saturated rings. The van der Waals surface area contributed by atoms with Gasteiger partial charge < -0.3 is 0 Å². The second kappa shape index (κ2) is 7.53. The van der Waals surface area contributed by atoms with Crippen LogP contribution in [0.5, 0.6) is 0 Å². The number of rotatable bonds is 5. The summed E-state index contributed by atoms with van der Waals surface area (Å²) in [6, 6.07) is 6.37. The number of para-hydroxylation sites is 1. The number of nitro benzene ring substituents is 1. The molecule has 0 amide bonds. The van der Waals surface area contributed by atoms with Crippen molar-refractivity contribution in [3.05, 3.63) is 67.0 Å². The summed E-state index contributed by atoms with van der Waals surface area (Å²) in [5, 5.41) is 11.4. The Kier molecular flexibility index (Phi) is 5.36. The van der Waals surface area contributed by atoms with Gasteiger partial charge in [-0.25, -0.2) is 0 Å². The standard InChI is InChI=1S/C16H16FN3O5Se/c1-9-7-19(16(22)18-15(9)21)14-6-10(17)12(25-14)8-26-13-5-3-2-4-11(13)20(23)24/h2-5,7,10,12,14H,6,8H2,1H3,(H,18,21,22)/t10-,12+,14+/m0/s1. The van der Waals surface area contributed by atoms with Crippen LogP contribution < -0.4 is 15.7 Å². The van der Waals surface area contributed by atoms with E-state index in [4.69, 9.17) is 4.74 Å². The predicted molar refractivity (Wildman–Crippen MR) is 92.8 cm³/mol. The molecular formula is C16H16FN3O5Se. The fourth-order valence-electron chi connectivity index (χ4n) is 2.71. The molecule has 8 nitrogen and oxygen atoms in total. The molecule has 10 heteroatoms. The first-order valence-electron chi connectivity index (χ1n) is 7.84. The molecule has 1 N–H and O–H groups in total. The minimum atomic E-state index is -1.29. The number of aryl methyl sites for hydroxylation is 1. The fraction of sp³-hybridized carbons (Fsp3) is 0.375. The van der Waals surface area contributed by atoms with Crippen LogP contribution >= 0.6 is 0 Å². The third-order valence-electron chi connectivity index (χ3n) is 4.08. The maximum absolute atomic E-state index is 14.4. The molecule has 0 unspecified atom stereocenters. The van der Waals surface area contributed by atoms with Gasteiger partial charge in [-0.15, -0.1) is 0 Å². The molecule has 0 spiro atoms. The Hall–Kier alpha value is -2.29. The number of aromatic amines is 1. The van der Waals surface area contributed by atoms with Gasteiger partial charge in [-0.1, -0.05) is 0 Å². The van der Waals surface area contributed by atoms with Crippen LogP contribution in [-0.2, 0) is 4.74 Å². The van der Waals surface area contributed by atoms with E-state index in [1.54, 1.807) is 25.1 Å². The number of ether oxygens (including phenoxy) is 1. The van der Waals surface area contributed by atoms with Gasteiger partial charge in [0.05, 0.1) is 0 Å². The molecule has 3 rings (SSSR count). The molecule has 1 saturated heterocycles. The molecule has 2 heterocycles. The van der Waals surface area contributed by atoms with Gasteiger partial charge in [0, 0.05) is 0 Å². The molecule has 1 aliphatic heterocycles. The van der Waals surface area contributed by atoms with Crippen LogP contribution in [0.3, 0.4) is 0 Å². The molecule has 0 aliphatic carbocycles. The van der Waals surface area contributed by atoms with Crippen molar-refractivity contribution in [3.8, 4) is 0 Å². The number of nitrogens with one attached hydrogen (secondary N) is 1. The second-order valence-electron chi connectivity index (χ2n) is 5.90. The van der Waals surface area contributed by atoms with E-state index < -0.39 is 34.7 Å². The van der Waals surface area contributed by atoms with Crippen LogP contribution in [0.4, 0.5) is 10.1 Å². The fourth-order valence-corrected chi connectivity index (χ4v) is 5.01. The zero-order valence-electron chi connectivity index (χ0n) is 13.8. The van der Waals surface area contributed by atoms with Gasteiger partial charge >= 0.3 is 153 Å². The molecule has 1 aromatic carbocycles. The topological polar surface area (TPSA) is 107 Å². The van der Waals surface area contributed by atoms with Gasteiger partial charge in [0.1, 0.15) is 0 Å². The van der Waals surface area contributed by atoms with Crippen molar-refractivity contribution in [2.45, 2.75) is 37.2 Å². The van der Waals surface area contributed by atoms with E-state index in [0.29, 0.717) is 15.3 Å². The van der Waals surface area contributed by atoms with Crippen molar-refractivity contribution in [1.29, 1.82) is 0 Å². The Balaban J connectivity index is 1.72. The zero-order valence-corrected chi connectivity index (χ0v) is 15.5. The summed E-state index contributed by atoms with van der Waals surface area (Å²) >= 11 is -0.348. The number of alkyl halides is 1. The average Bonchev–Trinajstić information content (AvgIpc) is 2.97. The first-order chi connectivity index (χ1) is 12.4. The van der Waals surface area contributed by atoms with Crippen molar-refractivity contribution in [3.63, 3.8) is 0 Å². The Labute approximate surface area is 153 Å². The van der Waals surface area contributed by atoms with Gasteiger partial charge in [0.15, 0.2) is 0 Å². The predicted octanol–water partition coefficient (Wildman–Crippen LogP) is 0.827. The molecule has 2 aromatic rings. The van der Waals surface area contributed by atoms with E-state index in [1.807, 2.05) is 0 Å². The first kappa shape index (κ1) is 18.5. The van der Waals surface area contributed by atoms with E-state index in [2.05, 4.69) is 4.98 Å². The molecule has 1 aromatic heterocycles. The summed E-state index contributed by atoms with van der Waals surface area (Å²) in [5.41, 5.74) is -0.791. The number of H-pyrrole nitrogens is 1. The summed E-state index contributed by atoms with van der Waals surface area (Å²) in [7, 11) is 0. The summed E-state index contributed by atoms with van der Waals surface area (Å²) < 4.78 is 21.8. The quantitative estimate of drug-likeness (QED) is 0.431. The zero-order chi connectivity index (χ0) is 18.8. The van der Waals surface area contributed by atoms with Gasteiger partial charge in [-0.05, 0) is 0 Å². The third-order valence-corrected chi connectivity index (χ3v) is 6.50. The normalized spacial score (nSPS) is 22.5. The Morgan fingerprint density at radius 1 is 1.42 bits per heavy atom. The number of nitrogens with zero attached hydrogens (tertiary/aromatic N) is 2. The number of hydrogen-bond donors (Lipinski definition) is 1. The van der Waals surface area contributed by atoms with Crippen molar-refractivity contribution in [2.75, 3.05) is 0 Å². The van der Waals surface area contributed by atoms with Crippen LogP contribution in [-0.4, -0.2) is 41.7 Å². The van der Waals surface area contributed by atoms with Crippen LogP contribution in [0.2, 0.25) is 5.32 Å². The number of benzene rings is 1. The minimum absolute atomic E-state index is 0.0109. The molecule has 0 saturated carbocycles. The van der Waals surface area contributed by atoms with Crippen molar-refractivity contribution in [2.24, 2.45) is 0 Å². The molecular weight excluding hydrogens is 412 g/mol. The second-order valence-corrected chi connectivity index (χ2v) is 8.12. The van der Waals surface area contributed by atoms with Crippen LogP contribution in [0.25, 0.3) is 0 Å². The molecule has 0 radical (unpaired) electrons. The van der Waals surface area contributed by atoms with Crippen LogP contribution in [0.1, 0.15) is 18.2 Å². The molecule has 0 bridgehead atoms. The number of hydrogen-bond acceptors (Lipinski definition) is 5. The van der Waals surface area contributed by atoms with Gasteiger partial charge in [0.25, 0.3) is 0 Å². The van der Waals surface area contributed by atoms with Crippen molar-refractivity contribution < 1.29 is 14.1 Å². The molecule has 3 atom stereocenters. The van der Waals surface area contributed by atoms with Gasteiger partial charge in [-0.2, -0.15) is 0 Å².